The summed E-state index contributed by atoms with van der Waals surface area (Å²) in [7, 11) is 0. The standard InChI is InChI=1S/C23H24N2O2/c1-16-5-4-7-19(13-16)22(25-11-9-17(10-12-25)23(26)27)20-14-18-6-2-3-8-21(18)24-15-20/h2-8,13-15,17,22H,9-12H2,1H3,(H,26,27). The van der Waals surface area contributed by atoms with E-state index >= 15 is 0 Å². The largest absolute Gasteiger partial charge is 0.481 e. The van der Waals surface area contributed by atoms with E-state index in [0.717, 1.165) is 29.6 Å². The molecule has 4 heteroatoms. The average Bonchev–Trinajstić information content (AvgIpc) is 2.68. The summed E-state index contributed by atoms with van der Waals surface area (Å²) in [4.78, 5) is 18.4. The predicted molar refractivity (Wildman–Crippen MR) is 107 cm³/mol. The predicted octanol–water partition coefficient (Wildman–Crippen LogP) is 4.43. The van der Waals surface area contributed by atoms with E-state index in [0.29, 0.717) is 12.8 Å². The number of rotatable bonds is 4. The molecule has 1 fully saturated rings. The molecule has 27 heavy (non-hydrogen) atoms. The molecule has 1 N–H and O–H groups in total. The lowest BCUT2D eigenvalue weighted by atomic mass is 9.91. The lowest BCUT2D eigenvalue weighted by molar-refractivity contribution is -0.143. The highest BCUT2D eigenvalue weighted by Gasteiger charge is 2.30. The Morgan fingerprint density at radius 1 is 1.07 bits per heavy atom. The molecule has 0 amide bonds. The molecule has 138 valence electrons. The number of para-hydroxylation sites is 1. The highest BCUT2D eigenvalue weighted by Crippen LogP contribution is 2.33. The zero-order chi connectivity index (χ0) is 18.8. The van der Waals surface area contributed by atoms with Crippen LogP contribution in [0.1, 0.15) is 35.6 Å². The molecule has 0 saturated carbocycles. The average molecular weight is 360 g/mol. The van der Waals surface area contributed by atoms with E-state index in [4.69, 9.17) is 0 Å². The van der Waals surface area contributed by atoms with Crippen LogP contribution in [0.5, 0.6) is 0 Å². The van der Waals surface area contributed by atoms with Crippen molar-refractivity contribution in [2.45, 2.75) is 25.8 Å². The second kappa shape index (κ2) is 7.49. The second-order valence-electron chi connectivity index (χ2n) is 7.43. The summed E-state index contributed by atoms with van der Waals surface area (Å²) in [6.45, 7) is 3.67. The van der Waals surface area contributed by atoms with Gasteiger partial charge in [0.2, 0.25) is 0 Å². The summed E-state index contributed by atoms with van der Waals surface area (Å²) in [6.07, 6.45) is 3.36. The van der Waals surface area contributed by atoms with Gasteiger partial charge in [0.25, 0.3) is 0 Å². The van der Waals surface area contributed by atoms with Gasteiger partial charge in [-0.15, -0.1) is 0 Å². The van der Waals surface area contributed by atoms with E-state index in [1.165, 1.54) is 11.1 Å². The lowest BCUT2D eigenvalue weighted by Gasteiger charge is -2.37. The minimum Gasteiger partial charge on any atom is -0.481 e. The number of hydrogen-bond acceptors (Lipinski definition) is 3. The number of benzene rings is 2. The van der Waals surface area contributed by atoms with Crippen molar-refractivity contribution in [3.63, 3.8) is 0 Å². The molecule has 2 heterocycles. The second-order valence-corrected chi connectivity index (χ2v) is 7.43. The van der Waals surface area contributed by atoms with Crippen molar-refractivity contribution in [2.24, 2.45) is 5.92 Å². The van der Waals surface area contributed by atoms with Crippen molar-refractivity contribution in [1.82, 2.24) is 9.88 Å². The van der Waals surface area contributed by atoms with Crippen LogP contribution in [-0.2, 0) is 4.79 Å². The van der Waals surface area contributed by atoms with Crippen LogP contribution in [0.3, 0.4) is 0 Å². The molecular weight excluding hydrogens is 336 g/mol. The number of aromatic nitrogens is 1. The normalized spacial score (nSPS) is 17.1. The van der Waals surface area contributed by atoms with Gasteiger partial charge in [0, 0.05) is 11.6 Å². The van der Waals surface area contributed by atoms with E-state index in [1.54, 1.807) is 0 Å². The highest BCUT2D eigenvalue weighted by atomic mass is 16.4. The fourth-order valence-corrected chi connectivity index (χ4v) is 4.10. The molecule has 4 rings (SSSR count). The van der Waals surface area contributed by atoms with Crippen LogP contribution in [0.2, 0.25) is 0 Å². The zero-order valence-corrected chi connectivity index (χ0v) is 15.5. The number of carboxylic acids is 1. The van der Waals surface area contributed by atoms with Gasteiger partial charge in [0.15, 0.2) is 0 Å². The number of carboxylic acid groups (broad SMARTS) is 1. The Morgan fingerprint density at radius 3 is 2.59 bits per heavy atom. The van der Waals surface area contributed by atoms with Crippen molar-refractivity contribution in [2.75, 3.05) is 13.1 Å². The monoisotopic (exact) mass is 360 g/mol. The maximum Gasteiger partial charge on any atom is 0.306 e. The number of hydrogen-bond donors (Lipinski definition) is 1. The molecule has 1 unspecified atom stereocenters. The maximum absolute atomic E-state index is 11.3. The third-order valence-electron chi connectivity index (χ3n) is 5.53. The van der Waals surface area contributed by atoms with Crippen LogP contribution in [0, 0.1) is 12.8 Å². The topological polar surface area (TPSA) is 53.4 Å². The molecule has 4 nitrogen and oxygen atoms in total. The Bertz CT molecular complexity index is 961. The van der Waals surface area contributed by atoms with Crippen LogP contribution < -0.4 is 0 Å². The van der Waals surface area contributed by atoms with Crippen molar-refractivity contribution < 1.29 is 9.90 Å². The lowest BCUT2D eigenvalue weighted by Crippen LogP contribution is -2.39. The molecule has 2 aromatic carbocycles. The minimum atomic E-state index is -0.672. The Hall–Kier alpha value is -2.72. The first-order chi connectivity index (χ1) is 13.1. The van der Waals surface area contributed by atoms with Gasteiger partial charge in [0.05, 0.1) is 17.5 Å². The van der Waals surface area contributed by atoms with Crippen molar-refractivity contribution >= 4 is 16.9 Å². The SMILES string of the molecule is Cc1cccc(C(c2cnc3ccccc3c2)N2CCC(C(=O)O)CC2)c1. The third-order valence-corrected chi connectivity index (χ3v) is 5.53. The number of aliphatic carboxylic acids is 1. The quantitative estimate of drug-likeness (QED) is 0.748. The van der Waals surface area contributed by atoms with Gasteiger partial charge in [-0.05, 0) is 56.1 Å². The molecule has 0 bridgehead atoms. The molecular formula is C23H24N2O2. The smallest absolute Gasteiger partial charge is 0.306 e. The summed E-state index contributed by atoms with van der Waals surface area (Å²) >= 11 is 0. The maximum atomic E-state index is 11.3. The van der Waals surface area contributed by atoms with Gasteiger partial charge in [-0.1, -0.05) is 48.0 Å². The van der Waals surface area contributed by atoms with Gasteiger partial charge >= 0.3 is 5.97 Å². The molecule has 3 aromatic rings. The minimum absolute atomic E-state index is 0.0942. The first-order valence-corrected chi connectivity index (χ1v) is 9.50. The first kappa shape index (κ1) is 17.7. The molecule has 1 aromatic heterocycles. The molecule has 1 aliphatic heterocycles. The number of carbonyl (C=O) groups is 1. The number of nitrogens with zero attached hydrogens (tertiary/aromatic N) is 2. The van der Waals surface area contributed by atoms with E-state index in [1.807, 2.05) is 24.4 Å². The van der Waals surface area contributed by atoms with Crippen LogP contribution in [0.4, 0.5) is 0 Å². The number of fused-ring (bicyclic) bond motifs is 1. The summed E-state index contributed by atoms with van der Waals surface area (Å²) < 4.78 is 0. The van der Waals surface area contributed by atoms with Gasteiger partial charge in [-0.25, -0.2) is 0 Å². The molecule has 0 aliphatic carbocycles. The van der Waals surface area contributed by atoms with Crippen LogP contribution >= 0.6 is 0 Å². The number of likely N-dealkylation sites (tertiary alicyclic amines) is 1. The van der Waals surface area contributed by atoms with E-state index < -0.39 is 5.97 Å². The van der Waals surface area contributed by atoms with Crippen molar-refractivity contribution in [3.05, 3.63) is 77.5 Å². The van der Waals surface area contributed by atoms with Gasteiger partial charge in [0.1, 0.15) is 0 Å². The number of piperidine rings is 1. The van der Waals surface area contributed by atoms with Gasteiger partial charge < -0.3 is 5.11 Å². The van der Waals surface area contributed by atoms with Gasteiger partial charge in [-0.3, -0.25) is 14.7 Å². The Kier molecular flexibility index (Phi) is 4.90. The highest BCUT2D eigenvalue weighted by molar-refractivity contribution is 5.79. The van der Waals surface area contributed by atoms with Crippen molar-refractivity contribution in [3.8, 4) is 0 Å². The summed E-state index contributed by atoms with van der Waals surface area (Å²) in [5.41, 5.74) is 4.62. The van der Waals surface area contributed by atoms with Crippen molar-refractivity contribution in [1.29, 1.82) is 0 Å². The molecule has 0 spiro atoms. The fraction of sp³-hybridized carbons (Fsp3) is 0.304. The number of pyridine rings is 1. The summed E-state index contributed by atoms with van der Waals surface area (Å²) in [6, 6.07) is 19.1. The fourth-order valence-electron chi connectivity index (χ4n) is 4.10. The van der Waals surface area contributed by atoms with E-state index in [9.17, 15) is 9.90 Å². The van der Waals surface area contributed by atoms with E-state index in [-0.39, 0.29) is 12.0 Å². The Balaban J connectivity index is 1.72. The molecule has 1 aliphatic rings. The molecule has 0 radical (unpaired) electrons. The first-order valence-electron chi connectivity index (χ1n) is 9.50. The summed E-state index contributed by atoms with van der Waals surface area (Å²) in [5.74, 6) is -0.900. The molecule has 1 saturated heterocycles. The Morgan fingerprint density at radius 2 is 1.85 bits per heavy atom. The number of aryl methyl sites for hydroxylation is 1. The van der Waals surface area contributed by atoms with Gasteiger partial charge in [-0.2, -0.15) is 0 Å². The van der Waals surface area contributed by atoms with E-state index in [2.05, 4.69) is 53.2 Å². The summed E-state index contributed by atoms with van der Waals surface area (Å²) in [5, 5.41) is 10.5. The Labute approximate surface area is 159 Å². The van der Waals surface area contributed by atoms with Crippen LogP contribution in [-0.4, -0.2) is 34.0 Å². The van der Waals surface area contributed by atoms with Crippen LogP contribution in [0.25, 0.3) is 10.9 Å². The third kappa shape index (κ3) is 3.71. The molecule has 1 atom stereocenters. The van der Waals surface area contributed by atoms with Crippen LogP contribution in [0.15, 0.2) is 60.8 Å². The zero-order valence-electron chi connectivity index (χ0n) is 15.5.